The van der Waals surface area contributed by atoms with E-state index in [2.05, 4.69) is 4.98 Å². The third-order valence-electron chi connectivity index (χ3n) is 1.52. The lowest BCUT2D eigenvalue weighted by Crippen LogP contribution is -2.16. The highest BCUT2D eigenvalue weighted by Crippen LogP contribution is 2.20. The number of hydrogen-bond acceptors (Lipinski definition) is 2. The first kappa shape index (κ1) is 10.7. The van der Waals surface area contributed by atoms with Crippen molar-refractivity contribution in [2.24, 2.45) is 0 Å². The third kappa shape index (κ3) is 4.02. The van der Waals surface area contributed by atoms with Crippen LogP contribution in [-0.4, -0.2) is 16.9 Å². The van der Waals surface area contributed by atoms with Crippen molar-refractivity contribution in [2.75, 3.05) is 0 Å². The Morgan fingerprint density at radius 3 is 2.64 bits per heavy atom. The second kappa shape index (κ2) is 4.21. The number of hydrogen-bond donors (Lipinski definition) is 0. The van der Waals surface area contributed by atoms with Crippen molar-refractivity contribution in [1.82, 2.24) is 4.98 Å². The first-order chi connectivity index (χ1) is 6.47. The van der Waals surface area contributed by atoms with Crippen molar-refractivity contribution in [1.29, 1.82) is 0 Å². The number of nitrogens with zero attached hydrogens (tertiary/aromatic N) is 1. The summed E-state index contributed by atoms with van der Waals surface area (Å²) in [6.45, 7) is 0. The molecule has 5 heteroatoms. The predicted octanol–water partition coefficient (Wildman–Crippen LogP) is 2.15. The lowest BCUT2D eigenvalue weighted by atomic mass is 10.1. The van der Waals surface area contributed by atoms with E-state index in [1.54, 1.807) is 12.1 Å². The molecule has 0 fully saturated rings. The van der Waals surface area contributed by atoms with E-state index in [1.165, 1.54) is 12.4 Å². The maximum Gasteiger partial charge on any atom is 0.395 e. The van der Waals surface area contributed by atoms with Crippen molar-refractivity contribution >= 4 is 5.78 Å². The van der Waals surface area contributed by atoms with Gasteiger partial charge in [-0.1, -0.05) is 6.07 Å². The Hall–Kier alpha value is -1.39. The van der Waals surface area contributed by atoms with Gasteiger partial charge < -0.3 is 0 Å². The van der Waals surface area contributed by atoms with Crippen molar-refractivity contribution in [3.8, 4) is 0 Å². The maximum absolute atomic E-state index is 11.8. The van der Waals surface area contributed by atoms with E-state index < -0.39 is 18.4 Å². The molecule has 0 aromatic carbocycles. The number of carbonyl (C=O) groups is 1. The van der Waals surface area contributed by atoms with Gasteiger partial charge in [0.1, 0.15) is 12.2 Å². The summed E-state index contributed by atoms with van der Waals surface area (Å²) in [5.41, 5.74) is 0.502. The third-order valence-corrected chi connectivity index (χ3v) is 1.52. The Morgan fingerprint density at radius 2 is 2.14 bits per heavy atom. The minimum Gasteiger partial charge on any atom is -0.299 e. The van der Waals surface area contributed by atoms with Crippen LogP contribution >= 0.6 is 0 Å². The lowest BCUT2D eigenvalue weighted by molar-refractivity contribution is -0.151. The van der Waals surface area contributed by atoms with Gasteiger partial charge in [0, 0.05) is 18.8 Å². The average molecular weight is 203 g/mol. The topological polar surface area (TPSA) is 30.0 Å². The number of rotatable bonds is 3. The summed E-state index contributed by atoms with van der Waals surface area (Å²) >= 11 is 0. The minimum absolute atomic E-state index is 0.215. The molecule has 76 valence electrons. The summed E-state index contributed by atoms with van der Waals surface area (Å²) in [6, 6.07) is 3.15. The largest absolute Gasteiger partial charge is 0.395 e. The zero-order valence-corrected chi connectivity index (χ0v) is 7.21. The fraction of sp³-hybridized carbons (Fsp3) is 0.333. The molecule has 1 rings (SSSR count). The first-order valence-corrected chi connectivity index (χ1v) is 3.95. The molecule has 0 aliphatic carbocycles. The zero-order chi connectivity index (χ0) is 10.6. The summed E-state index contributed by atoms with van der Waals surface area (Å²) in [4.78, 5) is 14.6. The summed E-state index contributed by atoms with van der Waals surface area (Å²) in [6.07, 6.45) is -3.12. The lowest BCUT2D eigenvalue weighted by Gasteiger charge is -2.04. The van der Waals surface area contributed by atoms with Crippen LogP contribution in [0.2, 0.25) is 0 Å². The fourth-order valence-electron chi connectivity index (χ4n) is 1.02. The Morgan fingerprint density at radius 1 is 1.43 bits per heavy atom. The van der Waals surface area contributed by atoms with Crippen LogP contribution in [0.15, 0.2) is 24.5 Å². The molecule has 2 nitrogen and oxygen atoms in total. The second-order valence-corrected chi connectivity index (χ2v) is 2.87. The van der Waals surface area contributed by atoms with E-state index >= 15 is 0 Å². The first-order valence-electron chi connectivity index (χ1n) is 3.95. The van der Waals surface area contributed by atoms with Crippen LogP contribution in [0.4, 0.5) is 13.2 Å². The van der Waals surface area contributed by atoms with Crippen molar-refractivity contribution in [3.05, 3.63) is 30.1 Å². The van der Waals surface area contributed by atoms with E-state index in [9.17, 15) is 18.0 Å². The van der Waals surface area contributed by atoms with Crippen LogP contribution in [-0.2, 0) is 11.2 Å². The van der Waals surface area contributed by atoms with Gasteiger partial charge in [0.2, 0.25) is 0 Å². The van der Waals surface area contributed by atoms with E-state index in [-0.39, 0.29) is 6.42 Å². The minimum atomic E-state index is -4.42. The van der Waals surface area contributed by atoms with Gasteiger partial charge in [0.15, 0.2) is 0 Å². The van der Waals surface area contributed by atoms with Crippen molar-refractivity contribution < 1.29 is 18.0 Å². The standard InChI is InChI=1S/C9H8F3NO/c10-9(11,12)5-8(14)4-7-2-1-3-13-6-7/h1-3,6H,4-5H2. The monoisotopic (exact) mass is 203 g/mol. The molecule has 0 amide bonds. The van der Waals surface area contributed by atoms with Gasteiger partial charge in [0.05, 0.1) is 0 Å². The fourth-order valence-corrected chi connectivity index (χ4v) is 1.02. The molecular formula is C9H8F3NO. The molecule has 14 heavy (non-hydrogen) atoms. The van der Waals surface area contributed by atoms with E-state index in [4.69, 9.17) is 0 Å². The number of halogens is 3. The maximum atomic E-state index is 11.8. The molecule has 0 saturated carbocycles. The summed E-state index contributed by atoms with van der Waals surface area (Å²) in [5, 5.41) is 0. The van der Waals surface area contributed by atoms with E-state index in [1.807, 2.05) is 0 Å². The van der Waals surface area contributed by atoms with Crippen LogP contribution in [0.25, 0.3) is 0 Å². The molecule has 0 N–H and O–H groups in total. The second-order valence-electron chi connectivity index (χ2n) is 2.87. The molecule has 1 aromatic heterocycles. The molecule has 0 aliphatic rings. The highest BCUT2D eigenvalue weighted by atomic mass is 19.4. The number of carbonyl (C=O) groups excluding carboxylic acids is 1. The number of ketones is 1. The average Bonchev–Trinajstić information content (AvgIpc) is 2.02. The van der Waals surface area contributed by atoms with Gasteiger partial charge in [-0.2, -0.15) is 13.2 Å². The number of pyridine rings is 1. The Kier molecular flexibility index (Phi) is 3.22. The molecular weight excluding hydrogens is 195 g/mol. The summed E-state index contributed by atoms with van der Waals surface area (Å²) in [5.74, 6) is -0.842. The van der Waals surface area contributed by atoms with Gasteiger partial charge in [-0.05, 0) is 11.6 Å². The molecule has 0 aliphatic heterocycles. The summed E-state index contributed by atoms with van der Waals surface area (Å²) in [7, 11) is 0. The number of alkyl halides is 3. The number of aromatic nitrogens is 1. The van der Waals surface area contributed by atoms with Crippen LogP contribution in [0.3, 0.4) is 0 Å². The highest BCUT2D eigenvalue weighted by Gasteiger charge is 2.30. The Labute approximate surface area is 78.8 Å². The molecule has 0 spiro atoms. The van der Waals surface area contributed by atoms with Gasteiger partial charge in [-0.3, -0.25) is 9.78 Å². The van der Waals surface area contributed by atoms with Gasteiger partial charge in [0.25, 0.3) is 0 Å². The molecule has 0 bridgehead atoms. The summed E-state index contributed by atoms with van der Waals surface area (Å²) < 4.78 is 35.3. The van der Waals surface area contributed by atoms with Crippen molar-refractivity contribution in [3.63, 3.8) is 0 Å². The van der Waals surface area contributed by atoms with Crippen molar-refractivity contribution in [2.45, 2.75) is 19.0 Å². The molecule has 1 heterocycles. The Balaban J connectivity index is 2.50. The Bertz CT molecular complexity index is 308. The normalized spacial score (nSPS) is 11.4. The van der Waals surface area contributed by atoms with Crippen LogP contribution in [0, 0.1) is 0 Å². The van der Waals surface area contributed by atoms with Gasteiger partial charge in [-0.15, -0.1) is 0 Å². The van der Waals surface area contributed by atoms with Crippen LogP contribution in [0.5, 0.6) is 0 Å². The SMILES string of the molecule is O=C(Cc1cccnc1)CC(F)(F)F. The molecule has 0 radical (unpaired) electrons. The zero-order valence-electron chi connectivity index (χ0n) is 7.21. The molecule has 0 atom stereocenters. The van der Waals surface area contributed by atoms with E-state index in [0.29, 0.717) is 5.56 Å². The highest BCUT2D eigenvalue weighted by molar-refractivity contribution is 5.81. The molecule has 0 unspecified atom stereocenters. The quantitative estimate of drug-likeness (QED) is 0.753. The van der Waals surface area contributed by atoms with Gasteiger partial charge >= 0.3 is 6.18 Å². The van der Waals surface area contributed by atoms with E-state index in [0.717, 1.165) is 0 Å². The molecule has 1 aromatic rings. The van der Waals surface area contributed by atoms with Gasteiger partial charge in [-0.25, -0.2) is 0 Å². The van der Waals surface area contributed by atoms with Crippen LogP contribution < -0.4 is 0 Å². The predicted molar refractivity (Wildman–Crippen MR) is 43.6 cm³/mol. The number of Topliss-reactive ketones (excluding diaryl/α,β-unsaturated/α-hetero) is 1. The smallest absolute Gasteiger partial charge is 0.299 e. The molecule has 0 saturated heterocycles. The van der Waals surface area contributed by atoms with Crippen LogP contribution in [0.1, 0.15) is 12.0 Å².